The van der Waals surface area contributed by atoms with Crippen LogP contribution in [0.15, 0.2) is 48.5 Å². The maximum Gasteiger partial charge on any atom is 0.292 e. The van der Waals surface area contributed by atoms with E-state index in [2.05, 4.69) is 4.90 Å². The Bertz CT molecular complexity index is 807. The minimum Gasteiger partial charge on any atom is -0.363 e. The third-order valence-electron chi connectivity index (χ3n) is 4.86. The predicted molar refractivity (Wildman–Crippen MR) is 105 cm³/mol. The van der Waals surface area contributed by atoms with E-state index in [1.54, 1.807) is 30.3 Å². The molecule has 7 nitrogen and oxygen atoms in total. The highest BCUT2D eigenvalue weighted by molar-refractivity contribution is 6.30. The lowest BCUT2D eigenvalue weighted by molar-refractivity contribution is -0.384. The van der Waals surface area contributed by atoms with Gasteiger partial charge in [0.2, 0.25) is 0 Å². The lowest BCUT2D eigenvalue weighted by atomic mass is 9.98. The van der Waals surface area contributed by atoms with Crippen LogP contribution >= 0.6 is 11.6 Å². The first-order valence-corrected chi connectivity index (χ1v) is 9.08. The molecule has 2 N–H and O–H groups in total. The van der Waals surface area contributed by atoms with Crippen LogP contribution < -0.4 is 10.6 Å². The van der Waals surface area contributed by atoms with Crippen molar-refractivity contribution in [3.05, 3.63) is 69.2 Å². The van der Waals surface area contributed by atoms with Crippen molar-refractivity contribution >= 4 is 29.3 Å². The number of nitrogens with zero attached hydrogens (tertiary/aromatic N) is 3. The predicted octanol–water partition coefficient (Wildman–Crippen LogP) is 2.64. The Morgan fingerprint density at radius 1 is 1.07 bits per heavy atom. The number of carbonyl (C=O) groups is 1. The number of hydrogen-bond acceptors (Lipinski definition) is 6. The van der Waals surface area contributed by atoms with E-state index >= 15 is 0 Å². The molecule has 1 heterocycles. The third kappa shape index (κ3) is 4.27. The van der Waals surface area contributed by atoms with Crippen LogP contribution in [-0.4, -0.2) is 48.3 Å². The average molecular weight is 389 g/mol. The normalized spacial score (nSPS) is 17.3. The Balaban J connectivity index is 1.77. The van der Waals surface area contributed by atoms with Crippen LogP contribution in [0.2, 0.25) is 5.02 Å². The Labute approximate surface area is 162 Å². The van der Waals surface area contributed by atoms with Gasteiger partial charge in [0.05, 0.1) is 17.0 Å². The fourth-order valence-corrected chi connectivity index (χ4v) is 3.66. The first-order chi connectivity index (χ1) is 13.0. The minimum atomic E-state index is -0.663. The van der Waals surface area contributed by atoms with E-state index in [0.29, 0.717) is 36.9 Å². The molecule has 0 aliphatic carbocycles. The highest BCUT2D eigenvalue weighted by Gasteiger charge is 2.31. The van der Waals surface area contributed by atoms with Gasteiger partial charge >= 0.3 is 0 Å². The maximum absolute atomic E-state index is 11.4. The molecule has 2 atom stereocenters. The van der Waals surface area contributed by atoms with Gasteiger partial charge in [0, 0.05) is 37.3 Å². The summed E-state index contributed by atoms with van der Waals surface area (Å²) in [5.74, 6) is 0. The highest BCUT2D eigenvalue weighted by Crippen LogP contribution is 2.31. The van der Waals surface area contributed by atoms with Gasteiger partial charge in [0.15, 0.2) is 0 Å². The summed E-state index contributed by atoms with van der Waals surface area (Å²) in [4.78, 5) is 26.4. The number of halogens is 1. The molecule has 1 aliphatic heterocycles. The van der Waals surface area contributed by atoms with Crippen molar-refractivity contribution in [2.45, 2.75) is 12.1 Å². The molecular weight excluding hydrogens is 368 g/mol. The van der Waals surface area contributed by atoms with Gasteiger partial charge in [-0.25, -0.2) is 0 Å². The van der Waals surface area contributed by atoms with Crippen LogP contribution in [0, 0.1) is 10.1 Å². The average Bonchev–Trinajstić information content (AvgIpc) is 2.70. The van der Waals surface area contributed by atoms with Gasteiger partial charge in [0.1, 0.15) is 12.0 Å². The summed E-state index contributed by atoms with van der Waals surface area (Å²) in [6.45, 7) is 2.50. The quantitative estimate of drug-likeness (QED) is 0.464. The first-order valence-electron chi connectivity index (χ1n) is 8.70. The Morgan fingerprint density at radius 3 is 2.30 bits per heavy atom. The number of carbonyl (C=O) groups excluding carboxylic acids is 1. The second kappa shape index (κ2) is 8.47. The molecule has 0 aromatic heterocycles. The molecule has 1 saturated heterocycles. The number of aldehydes is 1. The topological polar surface area (TPSA) is 92.7 Å². The number of para-hydroxylation sites is 2. The lowest BCUT2D eigenvalue weighted by Gasteiger charge is -2.41. The van der Waals surface area contributed by atoms with E-state index < -0.39 is 6.04 Å². The second-order valence-corrected chi connectivity index (χ2v) is 6.92. The monoisotopic (exact) mass is 388 g/mol. The number of nitro benzene ring substituents is 1. The van der Waals surface area contributed by atoms with Gasteiger partial charge in [-0.05, 0) is 23.8 Å². The number of piperazine rings is 1. The summed E-state index contributed by atoms with van der Waals surface area (Å²) in [5, 5.41) is 11.9. The standard InChI is InChI=1S/C19H21ClN4O3/c20-15-7-5-14(6-8-15)19(16(21)13-25)23-11-9-22(10-12-23)17-3-1-2-4-18(17)24(26)27/h1-8,13,16,19H,9-12,21H2. The van der Waals surface area contributed by atoms with Crippen molar-refractivity contribution in [3.63, 3.8) is 0 Å². The van der Waals surface area contributed by atoms with Crippen molar-refractivity contribution < 1.29 is 9.72 Å². The molecule has 27 heavy (non-hydrogen) atoms. The van der Waals surface area contributed by atoms with Crippen molar-refractivity contribution in [1.82, 2.24) is 4.90 Å². The second-order valence-electron chi connectivity index (χ2n) is 6.48. The van der Waals surface area contributed by atoms with E-state index in [4.69, 9.17) is 17.3 Å². The molecule has 0 spiro atoms. The van der Waals surface area contributed by atoms with Crippen LogP contribution in [0.3, 0.4) is 0 Å². The van der Waals surface area contributed by atoms with Crippen molar-refractivity contribution in [2.75, 3.05) is 31.1 Å². The Hall–Kier alpha value is -2.48. The van der Waals surface area contributed by atoms with Gasteiger partial charge in [-0.1, -0.05) is 35.9 Å². The largest absolute Gasteiger partial charge is 0.363 e. The van der Waals surface area contributed by atoms with Crippen molar-refractivity contribution in [1.29, 1.82) is 0 Å². The van der Waals surface area contributed by atoms with E-state index in [-0.39, 0.29) is 16.7 Å². The lowest BCUT2D eigenvalue weighted by Crippen LogP contribution is -2.52. The Morgan fingerprint density at radius 2 is 1.70 bits per heavy atom. The maximum atomic E-state index is 11.4. The molecule has 8 heteroatoms. The van der Waals surface area contributed by atoms with Crippen molar-refractivity contribution in [3.8, 4) is 0 Å². The summed E-state index contributed by atoms with van der Waals surface area (Å²) in [6, 6.07) is 13.1. The summed E-state index contributed by atoms with van der Waals surface area (Å²) in [5.41, 5.74) is 7.73. The summed E-state index contributed by atoms with van der Waals surface area (Å²) in [7, 11) is 0. The smallest absolute Gasteiger partial charge is 0.292 e. The molecule has 2 unspecified atom stereocenters. The molecule has 3 rings (SSSR count). The SMILES string of the molecule is NC(C=O)C(c1ccc(Cl)cc1)N1CCN(c2ccccc2[N+](=O)[O-])CC1. The molecule has 2 aromatic carbocycles. The fourth-order valence-electron chi connectivity index (χ4n) is 3.54. The van der Waals surface area contributed by atoms with Crippen LogP contribution in [0.5, 0.6) is 0 Å². The fraction of sp³-hybridized carbons (Fsp3) is 0.316. The molecule has 142 valence electrons. The Kier molecular flexibility index (Phi) is 6.05. The van der Waals surface area contributed by atoms with Crippen LogP contribution in [0.4, 0.5) is 11.4 Å². The van der Waals surface area contributed by atoms with Gasteiger partial charge in [-0.3, -0.25) is 15.0 Å². The molecule has 0 bridgehead atoms. The van der Waals surface area contributed by atoms with Crippen molar-refractivity contribution in [2.24, 2.45) is 5.73 Å². The molecule has 1 fully saturated rings. The number of nitro groups is 1. The molecule has 2 aromatic rings. The van der Waals surface area contributed by atoms with Gasteiger partial charge in [-0.15, -0.1) is 0 Å². The molecule has 1 aliphatic rings. The summed E-state index contributed by atoms with van der Waals surface area (Å²) < 4.78 is 0. The zero-order chi connectivity index (χ0) is 19.4. The number of benzene rings is 2. The minimum absolute atomic E-state index is 0.102. The highest BCUT2D eigenvalue weighted by atomic mass is 35.5. The van der Waals surface area contributed by atoms with E-state index in [0.717, 1.165) is 11.8 Å². The molecule has 0 amide bonds. The zero-order valence-corrected chi connectivity index (χ0v) is 15.5. The van der Waals surface area contributed by atoms with Gasteiger partial charge in [0.25, 0.3) is 5.69 Å². The molecular formula is C19H21ClN4O3. The first kappa shape index (κ1) is 19.3. The number of hydrogen-bond donors (Lipinski definition) is 1. The van der Waals surface area contributed by atoms with Gasteiger partial charge < -0.3 is 15.4 Å². The van der Waals surface area contributed by atoms with E-state index in [9.17, 15) is 14.9 Å². The number of rotatable bonds is 6. The van der Waals surface area contributed by atoms with E-state index in [1.165, 1.54) is 6.07 Å². The van der Waals surface area contributed by atoms with Crippen LogP contribution in [0.25, 0.3) is 0 Å². The molecule has 0 radical (unpaired) electrons. The summed E-state index contributed by atoms with van der Waals surface area (Å²) >= 11 is 5.97. The van der Waals surface area contributed by atoms with Gasteiger partial charge in [-0.2, -0.15) is 0 Å². The van der Waals surface area contributed by atoms with Crippen LogP contribution in [0.1, 0.15) is 11.6 Å². The summed E-state index contributed by atoms with van der Waals surface area (Å²) in [6.07, 6.45) is 0.758. The molecule has 0 saturated carbocycles. The third-order valence-corrected chi connectivity index (χ3v) is 5.11. The van der Waals surface area contributed by atoms with Crippen LogP contribution in [-0.2, 0) is 4.79 Å². The number of anilines is 1. The zero-order valence-electron chi connectivity index (χ0n) is 14.7. The number of nitrogens with two attached hydrogens (primary N) is 1. The van der Waals surface area contributed by atoms with E-state index in [1.807, 2.05) is 17.0 Å².